The number of carbonyl (C=O) groups excluding carboxylic acids is 2. The first kappa shape index (κ1) is 15.7. The monoisotopic (exact) mass is 244 g/mol. The van der Waals surface area contributed by atoms with Gasteiger partial charge in [-0.3, -0.25) is 0 Å². The van der Waals surface area contributed by atoms with Crippen LogP contribution in [0.25, 0.3) is 0 Å². The predicted octanol–water partition coefficient (Wildman–Crippen LogP) is 1.02. The molecule has 5 heteroatoms. The molecule has 0 saturated heterocycles. The van der Waals surface area contributed by atoms with Gasteiger partial charge in [0.15, 0.2) is 0 Å². The highest BCUT2D eigenvalue weighted by Crippen LogP contribution is 2.16. The van der Waals surface area contributed by atoms with E-state index < -0.39 is 23.7 Å². The van der Waals surface area contributed by atoms with E-state index in [1.165, 1.54) is 7.05 Å². The van der Waals surface area contributed by atoms with Crippen LogP contribution in [-0.2, 0) is 9.53 Å². The number of likely N-dealkylation sites (N-methyl/N-ethyl adjacent to an activating group) is 1. The highest BCUT2D eigenvalue weighted by Gasteiger charge is 2.29. The Kier molecular flexibility index (Phi) is 5.45. The molecular formula is C12H22NO4-. The van der Waals surface area contributed by atoms with Crippen molar-refractivity contribution in [2.75, 3.05) is 7.05 Å². The standard InChI is InChI=1S/C12H23NO4/c1-7-8(2)9(10(14)15)13(6)11(16)17-12(3,4)5/h8-9H,7H2,1-6H3,(H,14,15)/p-1/t8-,9+/m1/s1. The first-order valence-electron chi connectivity index (χ1n) is 5.76. The summed E-state index contributed by atoms with van der Waals surface area (Å²) in [5.74, 6) is -1.44. The second-order valence-corrected chi connectivity index (χ2v) is 5.24. The van der Waals surface area contributed by atoms with E-state index in [2.05, 4.69) is 0 Å². The SMILES string of the molecule is CC[C@@H](C)[C@@H](C(=O)[O-])N(C)C(=O)OC(C)(C)C. The lowest BCUT2D eigenvalue weighted by Crippen LogP contribution is -2.53. The molecule has 1 amide bonds. The minimum Gasteiger partial charge on any atom is -0.548 e. The zero-order chi connectivity index (χ0) is 13.8. The Bertz CT molecular complexity index is 283. The number of carbonyl (C=O) groups is 2. The van der Waals surface area contributed by atoms with Gasteiger partial charge < -0.3 is 19.5 Å². The van der Waals surface area contributed by atoms with Crippen LogP contribution in [-0.4, -0.2) is 35.7 Å². The fraction of sp³-hybridized carbons (Fsp3) is 0.833. The lowest BCUT2D eigenvalue weighted by atomic mass is 9.98. The number of carboxylic acids is 1. The maximum absolute atomic E-state index is 11.7. The van der Waals surface area contributed by atoms with Gasteiger partial charge >= 0.3 is 6.09 Å². The molecule has 0 unspecified atom stereocenters. The molecule has 0 aromatic rings. The van der Waals surface area contributed by atoms with Gasteiger partial charge in [-0.2, -0.15) is 0 Å². The third-order valence-electron chi connectivity index (χ3n) is 2.52. The fourth-order valence-corrected chi connectivity index (χ4v) is 1.44. The second kappa shape index (κ2) is 5.89. The molecule has 17 heavy (non-hydrogen) atoms. The Balaban J connectivity index is 4.79. The summed E-state index contributed by atoms with van der Waals surface area (Å²) in [5, 5.41) is 11.1. The van der Waals surface area contributed by atoms with Crippen molar-refractivity contribution in [3.05, 3.63) is 0 Å². The molecule has 0 aliphatic carbocycles. The minimum absolute atomic E-state index is 0.183. The molecule has 0 N–H and O–H groups in total. The van der Waals surface area contributed by atoms with E-state index >= 15 is 0 Å². The molecule has 0 radical (unpaired) electrons. The highest BCUT2D eigenvalue weighted by atomic mass is 16.6. The lowest BCUT2D eigenvalue weighted by molar-refractivity contribution is -0.312. The topological polar surface area (TPSA) is 69.7 Å². The molecule has 2 atom stereocenters. The van der Waals surface area contributed by atoms with Crippen molar-refractivity contribution in [1.82, 2.24) is 4.90 Å². The van der Waals surface area contributed by atoms with Crippen molar-refractivity contribution in [2.45, 2.75) is 52.7 Å². The number of aliphatic carboxylic acids is 1. The first-order chi connectivity index (χ1) is 7.60. The summed E-state index contributed by atoms with van der Waals surface area (Å²) in [5.41, 5.74) is -0.642. The Morgan fingerprint density at radius 1 is 1.35 bits per heavy atom. The molecule has 0 bridgehead atoms. The Hall–Kier alpha value is -1.26. The van der Waals surface area contributed by atoms with Crippen molar-refractivity contribution in [2.24, 2.45) is 5.92 Å². The van der Waals surface area contributed by atoms with E-state index in [9.17, 15) is 14.7 Å². The van der Waals surface area contributed by atoms with E-state index in [0.29, 0.717) is 6.42 Å². The number of amides is 1. The van der Waals surface area contributed by atoms with E-state index in [4.69, 9.17) is 4.74 Å². The van der Waals surface area contributed by atoms with Crippen LogP contribution in [0.3, 0.4) is 0 Å². The van der Waals surface area contributed by atoms with Crippen LogP contribution in [0.4, 0.5) is 4.79 Å². The summed E-state index contributed by atoms with van der Waals surface area (Å²) in [6.45, 7) is 8.83. The van der Waals surface area contributed by atoms with E-state index in [1.54, 1.807) is 27.7 Å². The van der Waals surface area contributed by atoms with Gasteiger partial charge in [0.1, 0.15) is 5.60 Å². The van der Waals surface area contributed by atoms with Crippen molar-refractivity contribution in [3.8, 4) is 0 Å². The average molecular weight is 244 g/mol. The Morgan fingerprint density at radius 3 is 2.12 bits per heavy atom. The number of hydrogen-bond acceptors (Lipinski definition) is 4. The molecule has 0 aromatic carbocycles. The van der Waals surface area contributed by atoms with Crippen molar-refractivity contribution < 1.29 is 19.4 Å². The molecule has 0 heterocycles. The lowest BCUT2D eigenvalue weighted by Gasteiger charge is -2.34. The van der Waals surface area contributed by atoms with E-state index in [-0.39, 0.29) is 5.92 Å². The maximum atomic E-state index is 11.7. The number of nitrogens with zero attached hydrogens (tertiary/aromatic N) is 1. The van der Waals surface area contributed by atoms with Gasteiger partial charge in [-0.15, -0.1) is 0 Å². The number of rotatable bonds is 4. The van der Waals surface area contributed by atoms with E-state index in [1.807, 2.05) is 6.92 Å². The predicted molar refractivity (Wildman–Crippen MR) is 62.2 cm³/mol. The van der Waals surface area contributed by atoms with Crippen molar-refractivity contribution in [1.29, 1.82) is 0 Å². The minimum atomic E-state index is -1.26. The van der Waals surface area contributed by atoms with Crippen molar-refractivity contribution >= 4 is 12.1 Å². The molecule has 5 nitrogen and oxygen atoms in total. The summed E-state index contributed by atoms with van der Waals surface area (Å²) < 4.78 is 5.12. The molecular weight excluding hydrogens is 222 g/mol. The van der Waals surface area contributed by atoms with Gasteiger partial charge in [-0.05, 0) is 26.7 Å². The molecule has 0 rings (SSSR count). The largest absolute Gasteiger partial charge is 0.548 e. The van der Waals surface area contributed by atoms with Crippen LogP contribution >= 0.6 is 0 Å². The fourth-order valence-electron chi connectivity index (χ4n) is 1.44. The van der Waals surface area contributed by atoms with Crippen LogP contribution in [0.2, 0.25) is 0 Å². The summed E-state index contributed by atoms with van der Waals surface area (Å²) in [6, 6.07) is -0.963. The quantitative estimate of drug-likeness (QED) is 0.740. The number of hydrogen-bond donors (Lipinski definition) is 0. The summed E-state index contributed by atoms with van der Waals surface area (Å²) >= 11 is 0. The summed E-state index contributed by atoms with van der Waals surface area (Å²) in [4.78, 5) is 23.9. The van der Waals surface area contributed by atoms with Crippen LogP contribution in [0.5, 0.6) is 0 Å². The molecule has 0 aliphatic heterocycles. The van der Waals surface area contributed by atoms with Crippen LogP contribution in [0.15, 0.2) is 0 Å². The van der Waals surface area contributed by atoms with Gasteiger partial charge in [0, 0.05) is 7.05 Å². The van der Waals surface area contributed by atoms with Gasteiger partial charge in [-0.25, -0.2) is 4.79 Å². The molecule has 0 spiro atoms. The third kappa shape index (κ3) is 5.06. The van der Waals surface area contributed by atoms with Crippen LogP contribution < -0.4 is 5.11 Å². The Labute approximate surface area is 103 Å². The molecule has 0 fully saturated rings. The molecule has 100 valence electrons. The van der Waals surface area contributed by atoms with Crippen molar-refractivity contribution in [3.63, 3.8) is 0 Å². The maximum Gasteiger partial charge on any atom is 0.410 e. The highest BCUT2D eigenvalue weighted by molar-refractivity contribution is 5.78. The number of carboxylic acid groups (broad SMARTS) is 1. The van der Waals surface area contributed by atoms with Gasteiger partial charge in [0.2, 0.25) is 0 Å². The Morgan fingerprint density at radius 2 is 1.82 bits per heavy atom. The molecule has 0 aliphatic rings. The normalized spacial score (nSPS) is 14.9. The zero-order valence-corrected chi connectivity index (χ0v) is 11.4. The summed E-state index contributed by atoms with van der Waals surface area (Å²) in [6.07, 6.45) is -0.00167. The smallest absolute Gasteiger partial charge is 0.410 e. The molecule has 0 aromatic heterocycles. The second-order valence-electron chi connectivity index (χ2n) is 5.24. The van der Waals surface area contributed by atoms with E-state index in [0.717, 1.165) is 4.90 Å². The van der Waals surface area contributed by atoms with Gasteiger partial charge in [-0.1, -0.05) is 20.3 Å². The zero-order valence-electron chi connectivity index (χ0n) is 11.4. The summed E-state index contributed by atoms with van der Waals surface area (Å²) in [7, 11) is 1.42. The van der Waals surface area contributed by atoms with Gasteiger partial charge in [0.05, 0.1) is 12.0 Å². The van der Waals surface area contributed by atoms with Crippen LogP contribution in [0, 0.1) is 5.92 Å². The van der Waals surface area contributed by atoms with Gasteiger partial charge in [0.25, 0.3) is 0 Å². The molecule has 0 saturated carbocycles. The first-order valence-corrected chi connectivity index (χ1v) is 5.76. The number of ether oxygens (including phenoxy) is 1. The third-order valence-corrected chi connectivity index (χ3v) is 2.52. The van der Waals surface area contributed by atoms with Crippen LogP contribution in [0.1, 0.15) is 41.0 Å². The average Bonchev–Trinajstić information content (AvgIpc) is 2.14.